The lowest BCUT2D eigenvalue weighted by Gasteiger charge is -2.26. The third kappa shape index (κ3) is 11.4. The average molecular weight is 436 g/mol. The molecule has 1 aromatic rings. The van der Waals surface area contributed by atoms with E-state index in [1.807, 2.05) is 6.61 Å². The Morgan fingerprint density at radius 1 is 1.00 bits per heavy atom. The minimum Gasteiger partial charge on any atom is -0.377 e. The summed E-state index contributed by atoms with van der Waals surface area (Å²) in [5, 5.41) is 0. The maximum Gasteiger partial charge on any atom is 0.157 e. The van der Waals surface area contributed by atoms with Crippen LogP contribution in [-0.4, -0.2) is 52.5 Å². The highest BCUT2D eigenvalue weighted by molar-refractivity contribution is 5.31. The minimum absolute atomic E-state index is 0.0465. The Bertz CT molecular complexity index is 569. The van der Waals surface area contributed by atoms with Crippen molar-refractivity contribution < 1.29 is 23.7 Å². The lowest BCUT2D eigenvalue weighted by Crippen LogP contribution is -2.24. The fourth-order valence-corrected chi connectivity index (χ4v) is 3.66. The molecule has 0 amide bonds. The summed E-state index contributed by atoms with van der Waals surface area (Å²) in [6.45, 7) is 12.9. The zero-order valence-corrected chi connectivity index (χ0v) is 19.9. The van der Waals surface area contributed by atoms with Gasteiger partial charge in [-0.1, -0.05) is 64.3 Å². The van der Waals surface area contributed by atoms with Crippen LogP contribution >= 0.6 is 0 Å². The van der Waals surface area contributed by atoms with Gasteiger partial charge in [-0.05, 0) is 42.2 Å². The van der Waals surface area contributed by atoms with E-state index < -0.39 is 0 Å². The van der Waals surface area contributed by atoms with Gasteiger partial charge in [0.25, 0.3) is 0 Å². The van der Waals surface area contributed by atoms with Crippen molar-refractivity contribution in [1.82, 2.24) is 0 Å². The van der Waals surface area contributed by atoms with Gasteiger partial charge >= 0.3 is 0 Å². The Morgan fingerprint density at radius 3 is 2.52 bits per heavy atom. The van der Waals surface area contributed by atoms with Gasteiger partial charge in [-0.2, -0.15) is 0 Å². The van der Waals surface area contributed by atoms with Gasteiger partial charge in [0.15, 0.2) is 6.29 Å². The molecule has 0 bridgehead atoms. The Hall–Kier alpha value is -0.980. The van der Waals surface area contributed by atoms with Crippen LogP contribution in [0.3, 0.4) is 0 Å². The van der Waals surface area contributed by atoms with Crippen molar-refractivity contribution in [2.75, 3.05) is 46.2 Å². The maximum absolute atomic E-state index is 5.67. The third-order valence-electron chi connectivity index (χ3n) is 5.68. The van der Waals surface area contributed by atoms with E-state index in [-0.39, 0.29) is 11.7 Å². The van der Waals surface area contributed by atoms with Crippen LogP contribution in [0.1, 0.15) is 76.8 Å². The molecule has 1 aliphatic rings. The molecule has 5 nitrogen and oxygen atoms in total. The molecule has 1 fully saturated rings. The van der Waals surface area contributed by atoms with Crippen LogP contribution in [0.15, 0.2) is 24.3 Å². The van der Waals surface area contributed by atoms with Gasteiger partial charge in [-0.3, -0.25) is 0 Å². The van der Waals surface area contributed by atoms with Gasteiger partial charge in [-0.15, -0.1) is 0 Å². The molecule has 1 aromatic carbocycles. The summed E-state index contributed by atoms with van der Waals surface area (Å²) in [6.07, 6.45) is 8.30. The number of ether oxygens (including phenoxy) is 5. The van der Waals surface area contributed by atoms with Crippen molar-refractivity contribution in [2.24, 2.45) is 0 Å². The number of rotatable bonds is 17. The summed E-state index contributed by atoms with van der Waals surface area (Å²) in [5.41, 5.74) is 2.66. The van der Waals surface area contributed by atoms with Crippen LogP contribution in [0, 0.1) is 6.61 Å². The third-order valence-corrected chi connectivity index (χ3v) is 5.68. The molecule has 177 valence electrons. The zero-order chi connectivity index (χ0) is 22.2. The van der Waals surface area contributed by atoms with Crippen molar-refractivity contribution in [1.29, 1.82) is 0 Å². The molecular weight excluding hydrogens is 392 g/mol. The van der Waals surface area contributed by atoms with Crippen molar-refractivity contribution >= 4 is 0 Å². The summed E-state index contributed by atoms with van der Waals surface area (Å²) in [6, 6.07) is 8.66. The Balaban J connectivity index is 1.47. The molecule has 2 rings (SSSR count). The van der Waals surface area contributed by atoms with Crippen molar-refractivity contribution in [3.8, 4) is 0 Å². The Labute approximate surface area is 189 Å². The number of hydrogen-bond donors (Lipinski definition) is 0. The molecule has 1 heterocycles. The van der Waals surface area contributed by atoms with Crippen LogP contribution in [-0.2, 0) is 29.1 Å². The topological polar surface area (TPSA) is 46.2 Å². The fraction of sp³-hybridized carbons (Fsp3) is 0.731. The summed E-state index contributed by atoms with van der Waals surface area (Å²) >= 11 is 0. The molecule has 1 saturated heterocycles. The second kappa shape index (κ2) is 15.8. The van der Waals surface area contributed by atoms with E-state index in [1.165, 1.54) is 37.7 Å². The first-order chi connectivity index (χ1) is 15.1. The summed E-state index contributed by atoms with van der Waals surface area (Å²) in [7, 11) is 0. The molecule has 1 atom stereocenters. The van der Waals surface area contributed by atoms with Gasteiger partial charge in [0.2, 0.25) is 0 Å². The normalized spacial score (nSPS) is 17.2. The Morgan fingerprint density at radius 2 is 1.77 bits per heavy atom. The van der Waals surface area contributed by atoms with Crippen LogP contribution in [0.2, 0.25) is 0 Å². The second-order valence-corrected chi connectivity index (χ2v) is 8.85. The van der Waals surface area contributed by atoms with Gasteiger partial charge in [-0.25, -0.2) is 0 Å². The molecule has 0 N–H and O–H groups in total. The van der Waals surface area contributed by atoms with E-state index in [0.29, 0.717) is 39.6 Å². The van der Waals surface area contributed by atoms with Gasteiger partial charge in [0.1, 0.15) is 6.61 Å². The predicted molar refractivity (Wildman–Crippen MR) is 124 cm³/mol. The summed E-state index contributed by atoms with van der Waals surface area (Å²) in [5.74, 6) is 0. The monoisotopic (exact) mass is 435 g/mol. The van der Waals surface area contributed by atoms with E-state index in [2.05, 4.69) is 45.0 Å². The first-order valence-corrected chi connectivity index (χ1v) is 12.1. The van der Waals surface area contributed by atoms with E-state index in [0.717, 1.165) is 25.0 Å². The van der Waals surface area contributed by atoms with Crippen LogP contribution in [0.5, 0.6) is 0 Å². The SMILES string of the molecule is CCCCCC(C)(C)c1cccc([CH]OCCOCCOCCOC2CCCCO2)c1. The molecule has 1 unspecified atom stereocenters. The molecule has 0 spiro atoms. The molecule has 0 aliphatic carbocycles. The van der Waals surface area contributed by atoms with Gasteiger partial charge in [0.05, 0.1) is 39.6 Å². The predicted octanol–water partition coefficient (Wildman–Crippen LogP) is 5.65. The van der Waals surface area contributed by atoms with Crippen molar-refractivity contribution in [3.05, 3.63) is 42.0 Å². The quantitative estimate of drug-likeness (QED) is 0.296. The first-order valence-electron chi connectivity index (χ1n) is 12.1. The van der Waals surface area contributed by atoms with E-state index >= 15 is 0 Å². The highest BCUT2D eigenvalue weighted by Crippen LogP contribution is 2.30. The fourth-order valence-electron chi connectivity index (χ4n) is 3.66. The summed E-state index contributed by atoms with van der Waals surface area (Å²) < 4.78 is 27.9. The second-order valence-electron chi connectivity index (χ2n) is 8.85. The molecule has 1 aliphatic heterocycles. The summed E-state index contributed by atoms with van der Waals surface area (Å²) in [4.78, 5) is 0. The average Bonchev–Trinajstić information content (AvgIpc) is 2.78. The number of unbranched alkanes of at least 4 members (excludes halogenated alkanes) is 2. The molecule has 1 radical (unpaired) electrons. The number of hydrogen-bond acceptors (Lipinski definition) is 5. The smallest absolute Gasteiger partial charge is 0.157 e. The maximum atomic E-state index is 5.67. The van der Waals surface area contributed by atoms with E-state index in [9.17, 15) is 0 Å². The first kappa shape index (κ1) is 26.3. The van der Waals surface area contributed by atoms with Gasteiger partial charge < -0.3 is 23.7 Å². The lowest BCUT2D eigenvalue weighted by molar-refractivity contribution is -0.169. The highest BCUT2D eigenvalue weighted by atomic mass is 16.7. The Kier molecular flexibility index (Phi) is 13.4. The van der Waals surface area contributed by atoms with Crippen molar-refractivity contribution in [3.63, 3.8) is 0 Å². The van der Waals surface area contributed by atoms with E-state index in [4.69, 9.17) is 23.7 Å². The van der Waals surface area contributed by atoms with Crippen LogP contribution < -0.4 is 0 Å². The van der Waals surface area contributed by atoms with E-state index in [1.54, 1.807) is 0 Å². The minimum atomic E-state index is -0.0465. The van der Waals surface area contributed by atoms with Crippen molar-refractivity contribution in [2.45, 2.75) is 77.4 Å². The van der Waals surface area contributed by atoms with Gasteiger partial charge in [0, 0.05) is 6.61 Å². The molecule has 5 heteroatoms. The molecule has 0 aromatic heterocycles. The molecular formula is C26H43O5. The van der Waals surface area contributed by atoms with Crippen LogP contribution in [0.4, 0.5) is 0 Å². The largest absolute Gasteiger partial charge is 0.377 e. The number of benzene rings is 1. The zero-order valence-electron chi connectivity index (χ0n) is 19.9. The standard InChI is InChI=1S/C26H43O5/c1-4-5-7-13-26(2,3)24-11-9-10-23(21-24)22-29-18-17-27-15-16-28-19-20-31-25-12-6-8-14-30-25/h9-11,21-22,25H,4-8,12-20H2,1-3H3. The van der Waals surface area contributed by atoms with Crippen LogP contribution in [0.25, 0.3) is 0 Å². The molecule has 31 heavy (non-hydrogen) atoms. The molecule has 0 saturated carbocycles. The lowest BCUT2D eigenvalue weighted by atomic mass is 9.79. The highest BCUT2D eigenvalue weighted by Gasteiger charge is 2.20.